The summed E-state index contributed by atoms with van der Waals surface area (Å²) >= 11 is 0. The van der Waals surface area contributed by atoms with Crippen LogP contribution in [-0.2, 0) is 6.42 Å². The van der Waals surface area contributed by atoms with Crippen LogP contribution in [-0.4, -0.2) is 13.1 Å². The molecular formula is C13H21N. The number of hydrogen-bond acceptors (Lipinski definition) is 1. The lowest BCUT2D eigenvalue weighted by molar-refractivity contribution is 0.565. The Kier molecular flexibility index (Phi) is 4.15. The van der Waals surface area contributed by atoms with Gasteiger partial charge in [0.05, 0.1) is 0 Å². The molecule has 1 atom stereocenters. The minimum Gasteiger partial charge on any atom is -0.317 e. The predicted molar refractivity (Wildman–Crippen MR) is 62.8 cm³/mol. The average molecular weight is 191 g/mol. The van der Waals surface area contributed by atoms with E-state index in [-0.39, 0.29) is 0 Å². The molecule has 0 saturated carbocycles. The highest BCUT2D eigenvalue weighted by atomic mass is 14.8. The van der Waals surface area contributed by atoms with Gasteiger partial charge >= 0.3 is 0 Å². The third-order valence-electron chi connectivity index (χ3n) is 2.64. The van der Waals surface area contributed by atoms with Crippen LogP contribution in [0.15, 0.2) is 18.2 Å². The van der Waals surface area contributed by atoms with Crippen LogP contribution in [0.4, 0.5) is 0 Å². The van der Waals surface area contributed by atoms with Gasteiger partial charge in [0.25, 0.3) is 0 Å². The van der Waals surface area contributed by atoms with Crippen LogP contribution in [0.1, 0.15) is 30.0 Å². The molecule has 0 spiro atoms. The third kappa shape index (κ3) is 3.51. The number of nitrogens with one attached hydrogen (secondary N) is 1. The van der Waals surface area contributed by atoms with Crippen LogP contribution in [0.25, 0.3) is 0 Å². The van der Waals surface area contributed by atoms with Crippen LogP contribution in [0.3, 0.4) is 0 Å². The van der Waals surface area contributed by atoms with E-state index in [1.165, 1.54) is 29.5 Å². The van der Waals surface area contributed by atoms with E-state index < -0.39 is 0 Å². The molecular weight excluding hydrogens is 170 g/mol. The Bertz CT molecular complexity index is 271. The molecule has 0 saturated heterocycles. The smallest absolute Gasteiger partial charge is 0.00388 e. The van der Waals surface area contributed by atoms with Gasteiger partial charge < -0.3 is 5.32 Å². The zero-order valence-electron chi connectivity index (χ0n) is 9.72. The van der Waals surface area contributed by atoms with Crippen LogP contribution in [0, 0.1) is 13.8 Å². The van der Waals surface area contributed by atoms with Crippen molar-refractivity contribution in [1.29, 1.82) is 0 Å². The topological polar surface area (TPSA) is 12.0 Å². The second kappa shape index (κ2) is 5.16. The maximum absolute atomic E-state index is 3.26. The van der Waals surface area contributed by atoms with Crippen molar-refractivity contribution < 1.29 is 0 Å². The first-order chi connectivity index (χ1) is 6.61. The van der Waals surface area contributed by atoms with E-state index >= 15 is 0 Å². The van der Waals surface area contributed by atoms with Crippen molar-refractivity contribution in [2.24, 2.45) is 0 Å². The highest BCUT2D eigenvalue weighted by molar-refractivity contribution is 5.28. The van der Waals surface area contributed by atoms with Crippen molar-refractivity contribution in [1.82, 2.24) is 5.32 Å². The Morgan fingerprint density at radius 1 is 1.14 bits per heavy atom. The second-order valence-electron chi connectivity index (χ2n) is 4.22. The van der Waals surface area contributed by atoms with Crippen LogP contribution in [0.2, 0.25) is 0 Å². The van der Waals surface area contributed by atoms with Gasteiger partial charge in [-0.1, -0.05) is 29.3 Å². The molecule has 0 aliphatic carbocycles. The van der Waals surface area contributed by atoms with Gasteiger partial charge in [-0.15, -0.1) is 0 Å². The van der Waals surface area contributed by atoms with Crippen molar-refractivity contribution in [2.75, 3.05) is 7.05 Å². The number of benzene rings is 1. The molecule has 78 valence electrons. The summed E-state index contributed by atoms with van der Waals surface area (Å²) in [6, 6.07) is 7.41. The number of aryl methyl sites for hydroxylation is 3. The summed E-state index contributed by atoms with van der Waals surface area (Å²) in [4.78, 5) is 0. The summed E-state index contributed by atoms with van der Waals surface area (Å²) in [5, 5.41) is 3.26. The fraction of sp³-hybridized carbons (Fsp3) is 0.538. The molecule has 0 amide bonds. The van der Waals surface area contributed by atoms with Gasteiger partial charge in [0.1, 0.15) is 0 Å². The molecule has 1 nitrogen and oxygen atoms in total. The highest BCUT2D eigenvalue weighted by Gasteiger charge is 2.00. The Balaban J connectivity index is 2.58. The number of rotatable bonds is 4. The molecule has 0 fully saturated rings. The van der Waals surface area contributed by atoms with E-state index in [1.807, 2.05) is 7.05 Å². The summed E-state index contributed by atoms with van der Waals surface area (Å²) in [7, 11) is 2.02. The third-order valence-corrected chi connectivity index (χ3v) is 2.64. The van der Waals surface area contributed by atoms with Crippen molar-refractivity contribution in [3.63, 3.8) is 0 Å². The summed E-state index contributed by atoms with van der Waals surface area (Å²) in [5.41, 5.74) is 4.21. The van der Waals surface area contributed by atoms with E-state index in [0.29, 0.717) is 6.04 Å². The van der Waals surface area contributed by atoms with Gasteiger partial charge in [0, 0.05) is 6.04 Å². The Labute approximate surface area is 87.5 Å². The zero-order valence-corrected chi connectivity index (χ0v) is 9.72. The first kappa shape index (κ1) is 11.3. The molecule has 1 aromatic carbocycles. The highest BCUT2D eigenvalue weighted by Crippen LogP contribution is 2.11. The van der Waals surface area contributed by atoms with Gasteiger partial charge in [-0.2, -0.15) is 0 Å². The summed E-state index contributed by atoms with van der Waals surface area (Å²) in [6.07, 6.45) is 2.38. The van der Waals surface area contributed by atoms with Crippen LogP contribution >= 0.6 is 0 Å². The quantitative estimate of drug-likeness (QED) is 0.771. The normalized spacial score (nSPS) is 12.9. The van der Waals surface area contributed by atoms with Gasteiger partial charge in [0.15, 0.2) is 0 Å². The van der Waals surface area contributed by atoms with Gasteiger partial charge in [0.2, 0.25) is 0 Å². The average Bonchev–Trinajstić information content (AvgIpc) is 2.12. The lowest BCUT2D eigenvalue weighted by Crippen LogP contribution is -2.21. The fourth-order valence-electron chi connectivity index (χ4n) is 1.74. The van der Waals surface area contributed by atoms with Crippen molar-refractivity contribution in [3.8, 4) is 0 Å². The molecule has 1 unspecified atom stereocenters. The maximum atomic E-state index is 3.26. The molecule has 1 aromatic rings. The summed E-state index contributed by atoms with van der Waals surface area (Å²) in [6.45, 7) is 6.55. The molecule has 0 aliphatic heterocycles. The van der Waals surface area contributed by atoms with Crippen molar-refractivity contribution >= 4 is 0 Å². The molecule has 14 heavy (non-hydrogen) atoms. The largest absolute Gasteiger partial charge is 0.317 e. The summed E-state index contributed by atoms with van der Waals surface area (Å²) < 4.78 is 0. The Morgan fingerprint density at radius 3 is 2.21 bits per heavy atom. The van der Waals surface area contributed by atoms with Crippen LogP contribution < -0.4 is 5.32 Å². The lowest BCUT2D eigenvalue weighted by Gasteiger charge is -2.10. The zero-order chi connectivity index (χ0) is 10.6. The van der Waals surface area contributed by atoms with Crippen molar-refractivity contribution in [2.45, 2.75) is 39.7 Å². The van der Waals surface area contributed by atoms with E-state index in [4.69, 9.17) is 0 Å². The second-order valence-corrected chi connectivity index (χ2v) is 4.22. The predicted octanol–water partition coefficient (Wildman–Crippen LogP) is 2.84. The molecule has 1 heteroatoms. The monoisotopic (exact) mass is 191 g/mol. The molecule has 1 N–H and O–H groups in total. The standard InChI is InChI=1S/C13H21N/c1-10-7-11(2)9-13(8-10)6-5-12(3)14-4/h7-9,12,14H,5-6H2,1-4H3. The molecule has 0 aromatic heterocycles. The fourth-order valence-corrected chi connectivity index (χ4v) is 1.74. The molecule has 0 bridgehead atoms. The molecule has 1 rings (SSSR count). The Hall–Kier alpha value is -0.820. The molecule has 0 radical (unpaired) electrons. The first-order valence-corrected chi connectivity index (χ1v) is 5.36. The van der Waals surface area contributed by atoms with Gasteiger partial charge in [-0.25, -0.2) is 0 Å². The van der Waals surface area contributed by atoms with Gasteiger partial charge in [-0.3, -0.25) is 0 Å². The van der Waals surface area contributed by atoms with Crippen LogP contribution in [0.5, 0.6) is 0 Å². The van der Waals surface area contributed by atoms with E-state index in [0.717, 1.165) is 0 Å². The summed E-state index contributed by atoms with van der Waals surface area (Å²) in [5.74, 6) is 0. The minimum absolute atomic E-state index is 0.607. The lowest BCUT2D eigenvalue weighted by atomic mass is 10.0. The SMILES string of the molecule is CNC(C)CCc1cc(C)cc(C)c1. The van der Waals surface area contributed by atoms with Gasteiger partial charge in [-0.05, 0) is 46.2 Å². The molecule has 0 aliphatic rings. The molecule has 0 heterocycles. The minimum atomic E-state index is 0.607. The van der Waals surface area contributed by atoms with E-state index in [2.05, 4.69) is 44.3 Å². The van der Waals surface area contributed by atoms with Crippen molar-refractivity contribution in [3.05, 3.63) is 34.9 Å². The van der Waals surface area contributed by atoms with E-state index in [1.54, 1.807) is 0 Å². The first-order valence-electron chi connectivity index (χ1n) is 5.36. The van der Waals surface area contributed by atoms with E-state index in [9.17, 15) is 0 Å². The number of hydrogen-bond donors (Lipinski definition) is 1. The maximum Gasteiger partial charge on any atom is 0.00388 e. The Morgan fingerprint density at radius 2 is 1.71 bits per heavy atom.